The van der Waals surface area contributed by atoms with E-state index in [2.05, 4.69) is 19.2 Å². The molecular weight excluding hydrogens is 276 g/mol. The van der Waals surface area contributed by atoms with Crippen LogP contribution in [0.25, 0.3) is 0 Å². The average Bonchev–Trinajstić information content (AvgIpc) is 2.51. The summed E-state index contributed by atoms with van der Waals surface area (Å²) < 4.78 is 0. The van der Waals surface area contributed by atoms with Crippen molar-refractivity contribution in [3.8, 4) is 0 Å². The van der Waals surface area contributed by atoms with Crippen LogP contribution < -0.4 is 5.32 Å². The zero-order chi connectivity index (χ0) is 16.7. The highest BCUT2D eigenvalue weighted by atomic mass is 16.2. The molecule has 1 aromatic rings. The molecule has 4 heteroatoms. The number of amides is 2. The third-order valence-corrected chi connectivity index (χ3v) is 4.10. The Kier molecular flexibility index (Phi) is 7.09. The van der Waals surface area contributed by atoms with Gasteiger partial charge in [-0.05, 0) is 37.3 Å². The minimum atomic E-state index is -0.133. The molecule has 4 nitrogen and oxygen atoms in total. The van der Waals surface area contributed by atoms with Crippen LogP contribution in [-0.2, 0) is 22.4 Å². The van der Waals surface area contributed by atoms with E-state index in [-0.39, 0.29) is 24.4 Å². The number of hydrogen-bond acceptors (Lipinski definition) is 2. The Morgan fingerprint density at radius 3 is 2.09 bits per heavy atom. The van der Waals surface area contributed by atoms with E-state index in [4.69, 9.17) is 0 Å². The topological polar surface area (TPSA) is 49.4 Å². The molecule has 0 saturated carbocycles. The molecule has 0 heterocycles. The van der Waals surface area contributed by atoms with Gasteiger partial charge in [-0.1, -0.05) is 39.0 Å². The highest BCUT2D eigenvalue weighted by molar-refractivity contribution is 5.95. The van der Waals surface area contributed by atoms with Crippen LogP contribution >= 0.6 is 0 Å². The van der Waals surface area contributed by atoms with Crippen LogP contribution in [0.1, 0.15) is 52.2 Å². The highest BCUT2D eigenvalue weighted by Crippen LogP contribution is 2.22. The molecule has 122 valence electrons. The zero-order valence-corrected chi connectivity index (χ0v) is 14.4. The van der Waals surface area contributed by atoms with Gasteiger partial charge in [0.1, 0.15) is 6.54 Å². The van der Waals surface area contributed by atoms with Crippen LogP contribution in [0.3, 0.4) is 0 Å². The molecule has 1 unspecified atom stereocenters. The molecule has 1 rings (SSSR count). The summed E-state index contributed by atoms with van der Waals surface area (Å²) in [4.78, 5) is 25.7. The number of nitrogens with one attached hydrogen (secondary N) is 1. The summed E-state index contributed by atoms with van der Waals surface area (Å²) in [6.45, 7) is 9.74. The minimum absolute atomic E-state index is 0.0651. The maximum Gasteiger partial charge on any atom is 0.244 e. The van der Waals surface area contributed by atoms with Crippen molar-refractivity contribution in [1.82, 2.24) is 4.90 Å². The first-order valence-electron chi connectivity index (χ1n) is 8.12. The fourth-order valence-electron chi connectivity index (χ4n) is 2.53. The van der Waals surface area contributed by atoms with Gasteiger partial charge in [-0.15, -0.1) is 0 Å². The van der Waals surface area contributed by atoms with Gasteiger partial charge in [0.25, 0.3) is 0 Å². The summed E-state index contributed by atoms with van der Waals surface area (Å²) in [6, 6.07) is 6.16. The molecule has 2 amide bonds. The molecule has 1 N–H and O–H groups in total. The molecule has 0 aliphatic heterocycles. The fourth-order valence-corrected chi connectivity index (χ4v) is 2.53. The Hall–Kier alpha value is -1.84. The predicted octanol–water partition coefficient (Wildman–Crippen LogP) is 3.40. The van der Waals surface area contributed by atoms with E-state index in [1.165, 1.54) is 6.92 Å². The van der Waals surface area contributed by atoms with Crippen molar-refractivity contribution in [2.75, 3.05) is 11.9 Å². The van der Waals surface area contributed by atoms with E-state index < -0.39 is 0 Å². The maximum absolute atomic E-state index is 12.4. The van der Waals surface area contributed by atoms with Gasteiger partial charge in [-0.3, -0.25) is 9.59 Å². The first kappa shape index (κ1) is 18.2. The van der Waals surface area contributed by atoms with Crippen LogP contribution in [0.15, 0.2) is 18.2 Å². The molecule has 0 saturated heterocycles. The summed E-state index contributed by atoms with van der Waals surface area (Å²) in [5, 5.41) is 3.01. The van der Waals surface area contributed by atoms with Crippen LogP contribution in [0, 0.1) is 0 Å². The third kappa shape index (κ3) is 4.58. The third-order valence-electron chi connectivity index (χ3n) is 4.10. The van der Waals surface area contributed by atoms with E-state index in [1.54, 1.807) is 4.90 Å². The van der Waals surface area contributed by atoms with Crippen molar-refractivity contribution in [2.45, 2.75) is 59.9 Å². The van der Waals surface area contributed by atoms with E-state index in [1.807, 2.05) is 32.0 Å². The lowest BCUT2D eigenvalue weighted by Crippen LogP contribution is -2.42. The Balaban J connectivity index is 2.91. The van der Waals surface area contributed by atoms with Gasteiger partial charge < -0.3 is 10.2 Å². The second kappa shape index (κ2) is 8.57. The summed E-state index contributed by atoms with van der Waals surface area (Å²) in [7, 11) is 0. The Bertz CT molecular complexity index is 504. The van der Waals surface area contributed by atoms with Gasteiger partial charge in [0.15, 0.2) is 0 Å². The minimum Gasteiger partial charge on any atom is -0.331 e. The summed E-state index contributed by atoms with van der Waals surface area (Å²) >= 11 is 0. The number of para-hydroxylation sites is 1. The standard InChI is InChI=1S/C18H28N2O2/c1-6-13(4)20(14(5)21)12-17(22)19-18-15(7-2)10-9-11-16(18)8-3/h9-11,13H,6-8,12H2,1-5H3,(H,19,22). The monoisotopic (exact) mass is 304 g/mol. The van der Waals surface area contributed by atoms with Gasteiger partial charge in [-0.2, -0.15) is 0 Å². The lowest BCUT2D eigenvalue weighted by atomic mass is 10.0. The van der Waals surface area contributed by atoms with Gasteiger partial charge >= 0.3 is 0 Å². The first-order valence-corrected chi connectivity index (χ1v) is 8.12. The Labute approximate surface area is 133 Å². The number of carbonyl (C=O) groups is 2. The van der Waals surface area contributed by atoms with Crippen molar-refractivity contribution in [2.24, 2.45) is 0 Å². The molecule has 0 radical (unpaired) electrons. The molecule has 1 aromatic carbocycles. The van der Waals surface area contributed by atoms with Gasteiger partial charge in [0, 0.05) is 18.7 Å². The largest absolute Gasteiger partial charge is 0.331 e. The van der Waals surface area contributed by atoms with Crippen LogP contribution in [0.5, 0.6) is 0 Å². The van der Waals surface area contributed by atoms with E-state index >= 15 is 0 Å². The predicted molar refractivity (Wildman–Crippen MR) is 91.0 cm³/mol. The summed E-state index contributed by atoms with van der Waals surface area (Å²) in [5.74, 6) is -0.199. The molecular formula is C18H28N2O2. The molecule has 0 aliphatic rings. The molecule has 1 atom stereocenters. The highest BCUT2D eigenvalue weighted by Gasteiger charge is 2.19. The number of nitrogens with zero attached hydrogens (tertiary/aromatic N) is 1. The number of hydrogen-bond donors (Lipinski definition) is 1. The van der Waals surface area contributed by atoms with Crippen molar-refractivity contribution < 1.29 is 9.59 Å². The lowest BCUT2D eigenvalue weighted by Gasteiger charge is -2.27. The van der Waals surface area contributed by atoms with Crippen molar-refractivity contribution in [3.05, 3.63) is 29.3 Å². The van der Waals surface area contributed by atoms with Crippen molar-refractivity contribution in [1.29, 1.82) is 0 Å². The molecule has 0 bridgehead atoms. The number of carbonyl (C=O) groups excluding carboxylic acids is 2. The lowest BCUT2D eigenvalue weighted by molar-refractivity contribution is -0.134. The van der Waals surface area contributed by atoms with Crippen LogP contribution in [0.2, 0.25) is 0 Å². The van der Waals surface area contributed by atoms with Crippen LogP contribution in [0.4, 0.5) is 5.69 Å². The molecule has 0 aromatic heterocycles. The second-order valence-corrected chi connectivity index (χ2v) is 5.61. The number of aryl methyl sites for hydroxylation is 2. The van der Waals surface area contributed by atoms with E-state index in [0.717, 1.165) is 36.1 Å². The van der Waals surface area contributed by atoms with E-state index in [0.29, 0.717) is 0 Å². The average molecular weight is 304 g/mol. The number of anilines is 1. The quantitative estimate of drug-likeness (QED) is 0.839. The smallest absolute Gasteiger partial charge is 0.244 e. The molecule has 22 heavy (non-hydrogen) atoms. The first-order chi connectivity index (χ1) is 10.4. The Morgan fingerprint density at radius 2 is 1.68 bits per heavy atom. The van der Waals surface area contributed by atoms with Gasteiger partial charge in [0.05, 0.1) is 0 Å². The molecule has 0 spiro atoms. The van der Waals surface area contributed by atoms with Crippen molar-refractivity contribution in [3.63, 3.8) is 0 Å². The fraction of sp³-hybridized carbons (Fsp3) is 0.556. The van der Waals surface area contributed by atoms with Gasteiger partial charge in [-0.25, -0.2) is 0 Å². The maximum atomic E-state index is 12.4. The normalized spacial score (nSPS) is 11.9. The van der Waals surface area contributed by atoms with Crippen molar-refractivity contribution >= 4 is 17.5 Å². The SMILES string of the molecule is CCc1cccc(CC)c1NC(=O)CN(C(C)=O)C(C)CC. The van der Waals surface area contributed by atoms with Gasteiger partial charge in [0.2, 0.25) is 11.8 Å². The number of benzene rings is 1. The summed E-state index contributed by atoms with van der Waals surface area (Å²) in [5.41, 5.74) is 3.17. The zero-order valence-electron chi connectivity index (χ0n) is 14.4. The molecule has 0 aliphatic carbocycles. The second-order valence-electron chi connectivity index (χ2n) is 5.61. The van der Waals surface area contributed by atoms with E-state index in [9.17, 15) is 9.59 Å². The number of rotatable bonds is 7. The Morgan fingerprint density at radius 1 is 1.14 bits per heavy atom. The molecule has 0 fully saturated rings. The summed E-state index contributed by atoms with van der Waals surface area (Å²) in [6.07, 6.45) is 2.56. The van der Waals surface area contributed by atoms with Crippen LogP contribution in [-0.4, -0.2) is 29.3 Å².